The fourth-order valence-corrected chi connectivity index (χ4v) is 2.02. The van der Waals surface area contributed by atoms with Gasteiger partial charge in [0.25, 0.3) is 0 Å². The van der Waals surface area contributed by atoms with Gasteiger partial charge in [0.1, 0.15) is 5.75 Å². The van der Waals surface area contributed by atoms with Crippen LogP contribution in [0.25, 0.3) is 10.9 Å². The smallest absolute Gasteiger partial charge is 0.130 e. The van der Waals surface area contributed by atoms with Gasteiger partial charge >= 0.3 is 0 Å². The Hall–Kier alpha value is -1.32. The zero-order chi connectivity index (χ0) is 11.7. The quantitative estimate of drug-likeness (QED) is 0.872. The van der Waals surface area contributed by atoms with Crippen molar-refractivity contribution in [3.8, 4) is 5.75 Å². The molecule has 1 aromatic carbocycles. The highest BCUT2D eigenvalue weighted by Crippen LogP contribution is 2.30. The Bertz CT molecular complexity index is 491. The van der Waals surface area contributed by atoms with Crippen molar-refractivity contribution in [2.45, 2.75) is 13.5 Å². The number of methoxy groups -OCH3 is 1. The third kappa shape index (κ3) is 1.84. The maximum atomic E-state index is 6.03. The van der Waals surface area contributed by atoms with E-state index in [2.05, 4.69) is 4.98 Å². The van der Waals surface area contributed by atoms with Gasteiger partial charge in [-0.2, -0.15) is 0 Å². The molecule has 0 amide bonds. The highest BCUT2D eigenvalue weighted by Gasteiger charge is 2.09. The monoisotopic (exact) mass is 236 g/mol. The Morgan fingerprint density at radius 1 is 1.38 bits per heavy atom. The first-order valence-corrected chi connectivity index (χ1v) is 5.37. The molecule has 4 heteroatoms. The van der Waals surface area contributed by atoms with Crippen LogP contribution in [-0.4, -0.2) is 12.1 Å². The molecule has 16 heavy (non-hydrogen) atoms. The predicted molar refractivity (Wildman–Crippen MR) is 65.9 cm³/mol. The summed E-state index contributed by atoms with van der Waals surface area (Å²) in [6, 6.07) is 5.58. The van der Waals surface area contributed by atoms with Gasteiger partial charge < -0.3 is 10.5 Å². The number of ether oxygens (including phenoxy) is 1. The highest BCUT2D eigenvalue weighted by atomic mass is 35.5. The van der Waals surface area contributed by atoms with E-state index in [-0.39, 0.29) is 0 Å². The number of nitrogens with two attached hydrogens (primary N) is 1. The first-order chi connectivity index (χ1) is 7.65. The minimum absolute atomic E-state index is 0.413. The normalized spacial score (nSPS) is 10.8. The van der Waals surface area contributed by atoms with Crippen LogP contribution in [0.2, 0.25) is 5.02 Å². The van der Waals surface area contributed by atoms with Gasteiger partial charge in [-0.15, -0.1) is 0 Å². The van der Waals surface area contributed by atoms with E-state index in [0.29, 0.717) is 11.6 Å². The largest absolute Gasteiger partial charge is 0.496 e. The lowest BCUT2D eigenvalue weighted by atomic mass is 10.1. The van der Waals surface area contributed by atoms with Crippen LogP contribution < -0.4 is 10.5 Å². The second-order valence-electron chi connectivity index (χ2n) is 3.63. The van der Waals surface area contributed by atoms with Crippen LogP contribution in [0, 0.1) is 6.92 Å². The molecule has 1 heterocycles. The Labute approximate surface area is 99.2 Å². The number of halogens is 1. The van der Waals surface area contributed by atoms with Crippen LogP contribution in [0.4, 0.5) is 0 Å². The molecule has 0 unspecified atom stereocenters. The second-order valence-corrected chi connectivity index (χ2v) is 4.07. The van der Waals surface area contributed by atoms with E-state index >= 15 is 0 Å². The van der Waals surface area contributed by atoms with Crippen LogP contribution in [0.5, 0.6) is 5.75 Å². The molecule has 0 aliphatic rings. The molecule has 0 saturated heterocycles. The molecule has 1 aromatic heterocycles. The lowest BCUT2D eigenvalue weighted by molar-refractivity contribution is 0.419. The average Bonchev–Trinajstić information content (AvgIpc) is 2.27. The van der Waals surface area contributed by atoms with Gasteiger partial charge in [-0.25, -0.2) is 0 Å². The van der Waals surface area contributed by atoms with E-state index in [1.165, 1.54) is 0 Å². The predicted octanol–water partition coefficient (Wildman–Crippen LogP) is 2.66. The zero-order valence-corrected chi connectivity index (χ0v) is 10.0. The summed E-state index contributed by atoms with van der Waals surface area (Å²) in [6.45, 7) is 2.34. The molecular formula is C12H13ClN2O. The summed E-state index contributed by atoms with van der Waals surface area (Å²) in [5, 5.41) is 1.55. The maximum absolute atomic E-state index is 6.03. The van der Waals surface area contributed by atoms with Crippen molar-refractivity contribution < 1.29 is 4.74 Å². The van der Waals surface area contributed by atoms with Gasteiger partial charge in [-0.1, -0.05) is 11.6 Å². The molecule has 0 bridgehead atoms. The summed E-state index contributed by atoms with van der Waals surface area (Å²) in [6.07, 6.45) is 0. The number of nitrogens with zero attached hydrogens (tertiary/aromatic N) is 1. The highest BCUT2D eigenvalue weighted by molar-refractivity contribution is 6.31. The Morgan fingerprint density at radius 3 is 2.75 bits per heavy atom. The lowest BCUT2D eigenvalue weighted by Gasteiger charge is -2.10. The SMILES string of the molecule is COc1cc(C)nc2c(CN)cc(Cl)cc12. The van der Waals surface area contributed by atoms with E-state index in [0.717, 1.165) is 27.9 Å². The van der Waals surface area contributed by atoms with Crippen molar-refractivity contribution in [3.63, 3.8) is 0 Å². The van der Waals surface area contributed by atoms with Crippen LogP contribution in [-0.2, 0) is 6.54 Å². The Kier molecular flexibility index (Phi) is 2.99. The van der Waals surface area contributed by atoms with Gasteiger partial charge in [0.15, 0.2) is 0 Å². The Morgan fingerprint density at radius 2 is 2.12 bits per heavy atom. The fraction of sp³-hybridized carbons (Fsp3) is 0.250. The number of benzene rings is 1. The van der Waals surface area contributed by atoms with Gasteiger partial charge in [0.05, 0.1) is 12.6 Å². The maximum Gasteiger partial charge on any atom is 0.130 e. The number of aromatic nitrogens is 1. The summed E-state index contributed by atoms with van der Waals surface area (Å²) >= 11 is 6.03. The summed E-state index contributed by atoms with van der Waals surface area (Å²) in [4.78, 5) is 4.48. The third-order valence-corrected chi connectivity index (χ3v) is 2.71. The van der Waals surface area contributed by atoms with E-state index in [4.69, 9.17) is 22.1 Å². The summed E-state index contributed by atoms with van der Waals surface area (Å²) in [7, 11) is 1.64. The molecule has 3 nitrogen and oxygen atoms in total. The van der Waals surface area contributed by atoms with Crippen LogP contribution in [0.1, 0.15) is 11.3 Å². The number of rotatable bonds is 2. The molecule has 0 saturated carbocycles. The fourth-order valence-electron chi connectivity index (χ4n) is 1.78. The first kappa shape index (κ1) is 11.2. The molecule has 0 atom stereocenters. The van der Waals surface area contributed by atoms with Crippen molar-refractivity contribution in [1.29, 1.82) is 0 Å². The Balaban J connectivity index is 2.87. The van der Waals surface area contributed by atoms with Crippen molar-refractivity contribution in [3.05, 3.63) is 34.5 Å². The van der Waals surface area contributed by atoms with E-state index < -0.39 is 0 Å². The van der Waals surface area contributed by atoms with Crippen molar-refractivity contribution >= 4 is 22.5 Å². The molecule has 2 aromatic rings. The molecule has 2 rings (SSSR count). The average molecular weight is 237 g/mol. The molecule has 84 valence electrons. The van der Waals surface area contributed by atoms with E-state index in [9.17, 15) is 0 Å². The summed E-state index contributed by atoms with van der Waals surface area (Å²) < 4.78 is 5.32. The minimum atomic E-state index is 0.413. The van der Waals surface area contributed by atoms with Gasteiger partial charge in [0.2, 0.25) is 0 Å². The van der Waals surface area contributed by atoms with Crippen molar-refractivity contribution in [2.24, 2.45) is 5.73 Å². The van der Waals surface area contributed by atoms with E-state index in [1.807, 2.05) is 25.1 Å². The van der Waals surface area contributed by atoms with Gasteiger partial charge in [-0.05, 0) is 24.6 Å². The van der Waals surface area contributed by atoms with Crippen molar-refractivity contribution in [2.75, 3.05) is 7.11 Å². The summed E-state index contributed by atoms with van der Waals surface area (Å²) in [5.41, 5.74) is 8.39. The standard InChI is InChI=1S/C12H13ClN2O/c1-7-3-11(16-2)10-5-9(13)4-8(6-14)12(10)15-7/h3-5H,6,14H2,1-2H3. The molecule has 2 N–H and O–H groups in total. The summed E-state index contributed by atoms with van der Waals surface area (Å²) in [5.74, 6) is 0.778. The molecule has 0 aliphatic carbocycles. The molecule has 0 aliphatic heterocycles. The zero-order valence-electron chi connectivity index (χ0n) is 9.25. The lowest BCUT2D eigenvalue weighted by Crippen LogP contribution is -2.00. The van der Waals surface area contributed by atoms with Gasteiger partial charge in [0, 0.05) is 28.7 Å². The first-order valence-electron chi connectivity index (χ1n) is 4.99. The third-order valence-electron chi connectivity index (χ3n) is 2.49. The van der Waals surface area contributed by atoms with E-state index in [1.54, 1.807) is 7.11 Å². The molecule has 0 spiro atoms. The molecular weight excluding hydrogens is 224 g/mol. The minimum Gasteiger partial charge on any atom is -0.496 e. The number of fused-ring (bicyclic) bond motifs is 1. The van der Waals surface area contributed by atoms with Crippen LogP contribution in [0.3, 0.4) is 0 Å². The number of pyridine rings is 1. The van der Waals surface area contributed by atoms with Crippen molar-refractivity contribution in [1.82, 2.24) is 4.98 Å². The molecule has 0 fully saturated rings. The number of aryl methyl sites for hydroxylation is 1. The number of hydrogen-bond acceptors (Lipinski definition) is 3. The number of hydrogen-bond donors (Lipinski definition) is 1. The topological polar surface area (TPSA) is 48.1 Å². The van der Waals surface area contributed by atoms with Crippen LogP contribution >= 0.6 is 11.6 Å². The van der Waals surface area contributed by atoms with Crippen LogP contribution in [0.15, 0.2) is 18.2 Å². The second kappa shape index (κ2) is 4.28. The molecule has 0 radical (unpaired) electrons. The van der Waals surface area contributed by atoms with Gasteiger partial charge in [-0.3, -0.25) is 4.98 Å².